The number of imidazole rings is 1. The summed E-state index contributed by atoms with van der Waals surface area (Å²) in [5, 5.41) is 0. The Morgan fingerprint density at radius 3 is 2.78 bits per heavy atom. The predicted molar refractivity (Wildman–Crippen MR) is 96.2 cm³/mol. The van der Waals surface area contributed by atoms with Crippen LogP contribution in [0.5, 0.6) is 0 Å². The van der Waals surface area contributed by atoms with Gasteiger partial charge in [-0.1, -0.05) is 18.2 Å². The summed E-state index contributed by atoms with van der Waals surface area (Å²) in [5.74, 6) is 5.64. The molecule has 0 radical (unpaired) electrons. The molecule has 0 bridgehead atoms. The summed E-state index contributed by atoms with van der Waals surface area (Å²) in [6.07, 6.45) is 1.74. The largest absolute Gasteiger partial charge is 0.321 e. The first kappa shape index (κ1) is 15.6. The molecule has 3 N–H and O–H groups in total. The van der Waals surface area contributed by atoms with Crippen LogP contribution in [0.15, 0.2) is 48.7 Å². The summed E-state index contributed by atoms with van der Waals surface area (Å²) in [7, 11) is 1.94. The minimum Gasteiger partial charge on any atom is -0.321 e. The van der Waals surface area contributed by atoms with Crippen molar-refractivity contribution in [1.82, 2.24) is 20.0 Å². The first-order valence-corrected chi connectivity index (χ1v) is 7.94. The van der Waals surface area contributed by atoms with Crippen LogP contribution >= 0.6 is 22.6 Å². The molecule has 0 aliphatic heterocycles. The van der Waals surface area contributed by atoms with Gasteiger partial charge in [0, 0.05) is 24.4 Å². The van der Waals surface area contributed by atoms with E-state index in [9.17, 15) is 4.79 Å². The lowest BCUT2D eigenvalue weighted by Gasteiger charge is -2.03. The Morgan fingerprint density at radius 2 is 2.09 bits per heavy atom. The molecule has 0 aliphatic rings. The summed E-state index contributed by atoms with van der Waals surface area (Å²) in [6.45, 7) is 0. The molecule has 0 spiro atoms. The van der Waals surface area contributed by atoms with E-state index >= 15 is 0 Å². The molecule has 116 valence electrons. The highest BCUT2D eigenvalue weighted by Crippen LogP contribution is 2.29. The van der Waals surface area contributed by atoms with Crippen LogP contribution in [0.2, 0.25) is 0 Å². The predicted octanol–water partition coefficient (Wildman–Crippen LogP) is 2.36. The SMILES string of the molecule is Cn1c(-c2ccccn2)nc(-c2cccc(C(=O)NN)c2)c1I. The van der Waals surface area contributed by atoms with E-state index in [-0.39, 0.29) is 5.91 Å². The maximum atomic E-state index is 11.7. The second-order valence-electron chi connectivity index (χ2n) is 4.90. The van der Waals surface area contributed by atoms with Crippen molar-refractivity contribution in [3.05, 3.63) is 57.9 Å². The van der Waals surface area contributed by atoms with Gasteiger partial charge in [-0.15, -0.1) is 0 Å². The van der Waals surface area contributed by atoms with Crippen molar-refractivity contribution in [1.29, 1.82) is 0 Å². The lowest BCUT2D eigenvalue weighted by atomic mass is 10.1. The maximum absolute atomic E-state index is 11.7. The molecule has 0 fully saturated rings. The zero-order valence-electron chi connectivity index (χ0n) is 12.3. The van der Waals surface area contributed by atoms with Crippen molar-refractivity contribution in [3.63, 3.8) is 0 Å². The molecule has 2 aromatic heterocycles. The van der Waals surface area contributed by atoms with Gasteiger partial charge in [-0.05, 0) is 46.9 Å². The highest BCUT2D eigenvalue weighted by molar-refractivity contribution is 14.1. The van der Waals surface area contributed by atoms with Crippen LogP contribution in [0.1, 0.15) is 10.4 Å². The first-order valence-electron chi connectivity index (χ1n) is 6.87. The number of rotatable bonds is 3. The van der Waals surface area contributed by atoms with E-state index in [0.29, 0.717) is 5.56 Å². The molecule has 3 aromatic rings. The summed E-state index contributed by atoms with van der Waals surface area (Å²) < 4.78 is 2.95. The van der Waals surface area contributed by atoms with Crippen molar-refractivity contribution >= 4 is 28.5 Å². The zero-order chi connectivity index (χ0) is 16.4. The number of hydrazine groups is 1. The number of carbonyl (C=O) groups excluding carboxylic acids is 1. The third-order valence-electron chi connectivity index (χ3n) is 3.45. The second-order valence-corrected chi connectivity index (χ2v) is 5.92. The number of pyridine rings is 1. The van der Waals surface area contributed by atoms with Crippen molar-refractivity contribution < 1.29 is 4.79 Å². The van der Waals surface area contributed by atoms with E-state index in [1.807, 2.05) is 41.9 Å². The Kier molecular flexibility index (Phi) is 4.39. The molecule has 23 heavy (non-hydrogen) atoms. The average Bonchev–Trinajstić information content (AvgIpc) is 2.90. The minimum atomic E-state index is -0.331. The fourth-order valence-electron chi connectivity index (χ4n) is 2.28. The van der Waals surface area contributed by atoms with E-state index < -0.39 is 0 Å². The van der Waals surface area contributed by atoms with Gasteiger partial charge in [0.2, 0.25) is 0 Å². The molecule has 6 nitrogen and oxygen atoms in total. The molecule has 0 unspecified atom stereocenters. The smallest absolute Gasteiger partial charge is 0.265 e. The Labute approximate surface area is 146 Å². The number of aromatic nitrogens is 3. The van der Waals surface area contributed by atoms with Gasteiger partial charge in [-0.2, -0.15) is 0 Å². The van der Waals surface area contributed by atoms with E-state index in [1.54, 1.807) is 18.3 Å². The van der Waals surface area contributed by atoms with E-state index in [1.165, 1.54) is 0 Å². The quantitative estimate of drug-likeness (QED) is 0.296. The molecule has 0 saturated carbocycles. The number of nitrogens with zero attached hydrogens (tertiary/aromatic N) is 3. The molecule has 1 amide bonds. The number of halogens is 1. The standard InChI is InChI=1S/C16H14IN5O/c1-22-14(17)13(20-15(22)12-7-2-3-8-19-12)10-5-4-6-11(9-10)16(23)21-18/h2-9H,18H2,1H3,(H,21,23). The van der Waals surface area contributed by atoms with Crippen molar-refractivity contribution in [2.24, 2.45) is 12.9 Å². The molecule has 0 saturated heterocycles. The normalized spacial score (nSPS) is 10.6. The molecular weight excluding hydrogens is 405 g/mol. The van der Waals surface area contributed by atoms with Gasteiger partial charge < -0.3 is 4.57 Å². The number of nitrogen functional groups attached to an aromatic ring is 1. The third kappa shape index (κ3) is 2.97. The van der Waals surface area contributed by atoms with E-state index in [4.69, 9.17) is 10.8 Å². The van der Waals surface area contributed by atoms with Crippen LogP contribution in [0.3, 0.4) is 0 Å². The van der Waals surface area contributed by atoms with Crippen molar-refractivity contribution in [3.8, 4) is 22.8 Å². The number of nitrogens with two attached hydrogens (primary N) is 1. The molecule has 1 aromatic carbocycles. The van der Waals surface area contributed by atoms with Gasteiger partial charge >= 0.3 is 0 Å². The minimum absolute atomic E-state index is 0.331. The monoisotopic (exact) mass is 419 g/mol. The topological polar surface area (TPSA) is 85.8 Å². The van der Waals surface area contributed by atoms with Gasteiger partial charge in [-0.25, -0.2) is 10.8 Å². The molecule has 7 heteroatoms. The Morgan fingerprint density at radius 1 is 1.26 bits per heavy atom. The van der Waals surface area contributed by atoms with Crippen LogP contribution in [0.25, 0.3) is 22.8 Å². The second kappa shape index (κ2) is 6.47. The average molecular weight is 419 g/mol. The van der Waals surface area contributed by atoms with Crippen molar-refractivity contribution in [2.75, 3.05) is 0 Å². The Bertz CT molecular complexity index is 860. The lowest BCUT2D eigenvalue weighted by Crippen LogP contribution is -2.29. The Balaban J connectivity index is 2.10. The molecular formula is C16H14IN5O. The van der Waals surface area contributed by atoms with Crippen LogP contribution in [-0.4, -0.2) is 20.4 Å². The first-order chi connectivity index (χ1) is 11.1. The number of amides is 1. The number of benzene rings is 1. The van der Waals surface area contributed by atoms with Gasteiger partial charge in [0.15, 0.2) is 5.82 Å². The summed E-state index contributed by atoms with van der Waals surface area (Å²) in [5.41, 5.74) is 5.09. The van der Waals surface area contributed by atoms with Crippen LogP contribution in [0, 0.1) is 3.70 Å². The number of nitrogens with one attached hydrogen (secondary N) is 1. The van der Waals surface area contributed by atoms with Crippen LogP contribution < -0.4 is 11.3 Å². The van der Waals surface area contributed by atoms with Crippen LogP contribution in [-0.2, 0) is 7.05 Å². The third-order valence-corrected chi connectivity index (χ3v) is 4.68. The highest BCUT2D eigenvalue weighted by atomic mass is 127. The van der Waals surface area contributed by atoms with E-state index in [2.05, 4.69) is 33.0 Å². The number of carbonyl (C=O) groups is 1. The number of hydrogen-bond acceptors (Lipinski definition) is 4. The zero-order valence-corrected chi connectivity index (χ0v) is 14.5. The molecule has 3 rings (SSSR count). The fourth-order valence-corrected chi connectivity index (χ4v) is 2.94. The van der Waals surface area contributed by atoms with Crippen LogP contribution in [0.4, 0.5) is 0 Å². The lowest BCUT2D eigenvalue weighted by molar-refractivity contribution is 0.0953. The maximum Gasteiger partial charge on any atom is 0.265 e. The fraction of sp³-hybridized carbons (Fsp3) is 0.0625. The summed E-state index contributed by atoms with van der Waals surface area (Å²) in [4.78, 5) is 20.8. The van der Waals surface area contributed by atoms with Crippen molar-refractivity contribution in [2.45, 2.75) is 0 Å². The molecule has 2 heterocycles. The summed E-state index contributed by atoms with van der Waals surface area (Å²) >= 11 is 2.24. The number of hydrogen-bond donors (Lipinski definition) is 2. The Hall–Kier alpha value is -2.26. The highest BCUT2D eigenvalue weighted by Gasteiger charge is 2.17. The molecule has 0 atom stereocenters. The van der Waals surface area contributed by atoms with E-state index in [0.717, 1.165) is 26.5 Å². The van der Waals surface area contributed by atoms with Gasteiger partial charge in [0.05, 0.1) is 0 Å². The van der Waals surface area contributed by atoms with Gasteiger partial charge in [-0.3, -0.25) is 15.2 Å². The van der Waals surface area contributed by atoms with Gasteiger partial charge in [0.25, 0.3) is 5.91 Å². The summed E-state index contributed by atoms with van der Waals surface area (Å²) in [6, 6.07) is 12.9. The van der Waals surface area contributed by atoms with Gasteiger partial charge in [0.1, 0.15) is 15.1 Å². The molecule has 0 aliphatic carbocycles.